The van der Waals surface area contributed by atoms with Crippen LogP contribution in [0.15, 0.2) is 71.0 Å². The fourth-order valence-corrected chi connectivity index (χ4v) is 4.11. The molecule has 174 valence electrons. The molecule has 2 N–H and O–H groups in total. The SMILES string of the molecule is CCOC(=O)C1=C(C)Nc2ccccc2N=C1NC(=O)CC1c2ccccc2C=CN1C(C)=O. The smallest absolute Gasteiger partial charge is 0.343 e. The Morgan fingerprint density at radius 2 is 1.85 bits per heavy atom. The van der Waals surface area contributed by atoms with E-state index in [0.717, 1.165) is 11.1 Å². The zero-order chi connectivity index (χ0) is 24.2. The van der Waals surface area contributed by atoms with Crippen LogP contribution in [-0.2, 0) is 19.1 Å². The van der Waals surface area contributed by atoms with Crippen LogP contribution in [0.4, 0.5) is 11.4 Å². The van der Waals surface area contributed by atoms with Gasteiger partial charge in [0, 0.05) is 18.8 Å². The average Bonchev–Trinajstić information content (AvgIpc) is 2.94. The standard InChI is InChI=1S/C26H26N4O4/c1-4-34-26(33)24-16(2)27-20-11-7-8-12-21(20)28-25(24)29-23(32)15-22-19-10-6-5-9-18(19)13-14-30(22)17(3)31/h5-14,22,27H,4,15H2,1-3H3,(H,28,29,32). The van der Waals surface area contributed by atoms with Gasteiger partial charge < -0.3 is 20.3 Å². The summed E-state index contributed by atoms with van der Waals surface area (Å²) in [5.41, 5.74) is 3.78. The lowest BCUT2D eigenvalue weighted by Gasteiger charge is -2.32. The lowest BCUT2D eigenvalue weighted by molar-refractivity contribution is -0.138. The van der Waals surface area contributed by atoms with Crippen molar-refractivity contribution >= 4 is 41.1 Å². The van der Waals surface area contributed by atoms with Gasteiger partial charge in [-0.15, -0.1) is 0 Å². The summed E-state index contributed by atoms with van der Waals surface area (Å²) in [4.78, 5) is 44.4. The number of hydrogen-bond acceptors (Lipinski definition) is 6. The molecule has 0 spiro atoms. The number of amidine groups is 1. The average molecular weight is 459 g/mol. The molecule has 2 heterocycles. The van der Waals surface area contributed by atoms with Crippen molar-refractivity contribution in [1.82, 2.24) is 10.2 Å². The summed E-state index contributed by atoms with van der Waals surface area (Å²) in [5.74, 6) is -1.03. The van der Waals surface area contributed by atoms with Gasteiger partial charge in [-0.05, 0) is 43.2 Å². The summed E-state index contributed by atoms with van der Waals surface area (Å²) in [5, 5.41) is 5.99. The van der Waals surface area contributed by atoms with Crippen LogP contribution in [-0.4, -0.2) is 35.1 Å². The number of carbonyl (C=O) groups is 3. The fraction of sp³-hybridized carbons (Fsp3) is 0.231. The van der Waals surface area contributed by atoms with Crippen molar-refractivity contribution < 1.29 is 19.1 Å². The molecule has 2 aliphatic heterocycles. The number of aliphatic imine (C=N–C) groups is 1. The number of anilines is 1. The van der Waals surface area contributed by atoms with Gasteiger partial charge in [0.1, 0.15) is 11.4 Å². The quantitative estimate of drug-likeness (QED) is 0.673. The van der Waals surface area contributed by atoms with E-state index in [0.29, 0.717) is 17.1 Å². The summed E-state index contributed by atoms with van der Waals surface area (Å²) in [6, 6.07) is 14.5. The summed E-state index contributed by atoms with van der Waals surface area (Å²) < 4.78 is 5.23. The number of hydrogen-bond donors (Lipinski definition) is 2. The molecule has 8 nitrogen and oxygen atoms in total. The van der Waals surface area contributed by atoms with E-state index in [9.17, 15) is 14.4 Å². The number of benzene rings is 2. The van der Waals surface area contributed by atoms with Crippen LogP contribution in [0.3, 0.4) is 0 Å². The van der Waals surface area contributed by atoms with E-state index in [2.05, 4.69) is 15.6 Å². The van der Waals surface area contributed by atoms with Gasteiger partial charge in [0.2, 0.25) is 11.8 Å². The third-order valence-corrected chi connectivity index (χ3v) is 5.66. The molecule has 1 atom stereocenters. The lowest BCUT2D eigenvalue weighted by Crippen LogP contribution is -2.39. The number of amides is 2. The predicted molar refractivity (Wildman–Crippen MR) is 130 cm³/mol. The molecule has 0 radical (unpaired) electrons. The first-order valence-electron chi connectivity index (χ1n) is 11.1. The number of nitrogens with one attached hydrogen (secondary N) is 2. The van der Waals surface area contributed by atoms with Gasteiger partial charge in [0.15, 0.2) is 0 Å². The van der Waals surface area contributed by atoms with Crippen LogP contribution >= 0.6 is 0 Å². The first kappa shape index (κ1) is 23.0. The highest BCUT2D eigenvalue weighted by atomic mass is 16.5. The minimum Gasteiger partial charge on any atom is -0.462 e. The van der Waals surface area contributed by atoms with Crippen molar-refractivity contribution in [3.63, 3.8) is 0 Å². The van der Waals surface area contributed by atoms with Crippen LogP contribution in [0.1, 0.15) is 44.4 Å². The van der Waals surface area contributed by atoms with Crippen molar-refractivity contribution in [3.8, 4) is 0 Å². The van der Waals surface area contributed by atoms with Gasteiger partial charge in [0.05, 0.1) is 30.4 Å². The van der Waals surface area contributed by atoms with Gasteiger partial charge in [-0.2, -0.15) is 0 Å². The number of ether oxygens (including phenoxy) is 1. The number of rotatable bonds is 4. The Bertz CT molecular complexity index is 1240. The number of carbonyl (C=O) groups excluding carboxylic acids is 3. The highest BCUT2D eigenvalue weighted by Crippen LogP contribution is 2.33. The second-order valence-corrected chi connectivity index (χ2v) is 7.96. The Morgan fingerprint density at radius 1 is 1.12 bits per heavy atom. The van der Waals surface area contributed by atoms with Crippen molar-refractivity contribution in [3.05, 3.63) is 77.1 Å². The Kier molecular flexibility index (Phi) is 6.58. The monoisotopic (exact) mass is 458 g/mol. The van der Waals surface area contributed by atoms with E-state index in [1.165, 1.54) is 6.92 Å². The molecule has 0 fully saturated rings. The fourth-order valence-electron chi connectivity index (χ4n) is 4.11. The zero-order valence-electron chi connectivity index (χ0n) is 19.3. The van der Waals surface area contributed by atoms with Gasteiger partial charge in [-0.3, -0.25) is 9.59 Å². The maximum atomic E-state index is 13.3. The van der Waals surface area contributed by atoms with E-state index in [4.69, 9.17) is 4.74 Å². The van der Waals surface area contributed by atoms with Crippen LogP contribution in [0, 0.1) is 0 Å². The summed E-state index contributed by atoms with van der Waals surface area (Å²) in [6.07, 6.45) is 3.54. The molecule has 0 bridgehead atoms. The molecule has 0 aromatic heterocycles. The predicted octanol–water partition coefficient (Wildman–Crippen LogP) is 4.06. The maximum Gasteiger partial charge on any atom is 0.343 e. The highest BCUT2D eigenvalue weighted by molar-refractivity contribution is 6.24. The summed E-state index contributed by atoms with van der Waals surface area (Å²) in [7, 11) is 0. The first-order valence-corrected chi connectivity index (χ1v) is 11.1. The van der Waals surface area contributed by atoms with Gasteiger partial charge in [-0.1, -0.05) is 36.4 Å². The Labute approximate surface area is 198 Å². The molecule has 1 unspecified atom stereocenters. The molecule has 2 aromatic carbocycles. The molecule has 2 aliphatic rings. The van der Waals surface area contributed by atoms with Crippen molar-refractivity contribution in [1.29, 1.82) is 0 Å². The molecule has 2 amide bonds. The molecule has 0 aliphatic carbocycles. The molecular formula is C26H26N4O4. The number of nitrogens with zero attached hydrogens (tertiary/aromatic N) is 2. The van der Waals surface area contributed by atoms with Crippen molar-refractivity contribution in [2.45, 2.75) is 33.2 Å². The Balaban J connectivity index is 1.66. The van der Waals surface area contributed by atoms with Crippen molar-refractivity contribution in [2.24, 2.45) is 4.99 Å². The molecule has 0 saturated carbocycles. The van der Waals surface area contributed by atoms with E-state index in [1.54, 1.807) is 31.0 Å². The molecule has 34 heavy (non-hydrogen) atoms. The van der Waals surface area contributed by atoms with Crippen molar-refractivity contribution in [2.75, 3.05) is 11.9 Å². The van der Waals surface area contributed by atoms with E-state index < -0.39 is 12.0 Å². The number of esters is 1. The zero-order valence-corrected chi connectivity index (χ0v) is 19.3. The summed E-state index contributed by atoms with van der Waals surface area (Å²) >= 11 is 0. The number of allylic oxidation sites excluding steroid dienone is 1. The number of para-hydroxylation sites is 2. The minimum absolute atomic E-state index is 0.00974. The van der Waals surface area contributed by atoms with Crippen LogP contribution in [0.25, 0.3) is 6.08 Å². The Morgan fingerprint density at radius 3 is 2.62 bits per heavy atom. The molecular weight excluding hydrogens is 432 g/mol. The Hall–Kier alpha value is -4.20. The van der Waals surface area contributed by atoms with E-state index in [1.807, 2.05) is 48.5 Å². The van der Waals surface area contributed by atoms with Gasteiger partial charge in [0.25, 0.3) is 0 Å². The van der Waals surface area contributed by atoms with Gasteiger partial charge >= 0.3 is 5.97 Å². The van der Waals surface area contributed by atoms with Crippen LogP contribution in [0.2, 0.25) is 0 Å². The number of fused-ring (bicyclic) bond motifs is 2. The maximum absolute atomic E-state index is 13.3. The van der Waals surface area contributed by atoms with E-state index >= 15 is 0 Å². The molecule has 2 aromatic rings. The molecule has 8 heteroatoms. The van der Waals surface area contributed by atoms with Gasteiger partial charge in [-0.25, -0.2) is 9.79 Å². The highest BCUT2D eigenvalue weighted by Gasteiger charge is 2.30. The topological polar surface area (TPSA) is 100 Å². The first-order chi connectivity index (χ1) is 16.4. The van der Waals surface area contributed by atoms with Crippen LogP contribution in [0.5, 0.6) is 0 Å². The largest absolute Gasteiger partial charge is 0.462 e. The molecule has 0 saturated heterocycles. The summed E-state index contributed by atoms with van der Waals surface area (Å²) in [6.45, 7) is 5.09. The van der Waals surface area contributed by atoms with E-state index in [-0.39, 0.29) is 36.3 Å². The minimum atomic E-state index is -0.587. The second kappa shape index (κ2) is 9.74. The second-order valence-electron chi connectivity index (χ2n) is 7.96. The lowest BCUT2D eigenvalue weighted by atomic mass is 9.93. The normalized spacial score (nSPS) is 16.5. The van der Waals surface area contributed by atoms with Crippen LogP contribution < -0.4 is 10.6 Å². The molecule has 4 rings (SSSR count). The third kappa shape index (κ3) is 4.61. The third-order valence-electron chi connectivity index (χ3n) is 5.66.